The maximum absolute atomic E-state index is 12.5. The molecular weight excluding hydrogens is 366 g/mol. The van der Waals surface area contributed by atoms with Crippen LogP contribution in [0.5, 0.6) is 5.75 Å². The van der Waals surface area contributed by atoms with Gasteiger partial charge < -0.3 is 10.1 Å². The van der Waals surface area contributed by atoms with Crippen molar-refractivity contribution in [1.82, 2.24) is 24.9 Å². The van der Waals surface area contributed by atoms with Crippen molar-refractivity contribution in [3.05, 3.63) is 64.2 Å². The van der Waals surface area contributed by atoms with E-state index in [1.54, 1.807) is 28.7 Å². The van der Waals surface area contributed by atoms with Crippen LogP contribution in [0.25, 0.3) is 0 Å². The van der Waals surface area contributed by atoms with E-state index in [0.29, 0.717) is 17.4 Å². The SMILES string of the molecule is COc1ccc(C(C)NC(=O)c2ccn(Cn3nc(C)c(Cl)c3C)n2)cc1. The van der Waals surface area contributed by atoms with Crippen LogP contribution in [0, 0.1) is 13.8 Å². The van der Waals surface area contributed by atoms with Gasteiger partial charge in [0.15, 0.2) is 0 Å². The van der Waals surface area contributed by atoms with Crippen molar-refractivity contribution < 1.29 is 9.53 Å². The zero-order valence-corrected chi connectivity index (χ0v) is 16.5. The van der Waals surface area contributed by atoms with Gasteiger partial charge in [0.2, 0.25) is 0 Å². The van der Waals surface area contributed by atoms with Crippen molar-refractivity contribution in [2.24, 2.45) is 0 Å². The molecule has 0 spiro atoms. The van der Waals surface area contributed by atoms with E-state index < -0.39 is 0 Å². The summed E-state index contributed by atoms with van der Waals surface area (Å²) in [6, 6.07) is 9.12. The van der Waals surface area contributed by atoms with Crippen LogP contribution in [0.1, 0.15) is 40.4 Å². The van der Waals surface area contributed by atoms with Crippen LogP contribution in [0.15, 0.2) is 36.5 Å². The second-order valence-corrected chi connectivity index (χ2v) is 6.71. The molecule has 7 nitrogen and oxygen atoms in total. The molecule has 0 fully saturated rings. The highest BCUT2D eigenvalue weighted by Gasteiger charge is 2.15. The summed E-state index contributed by atoms with van der Waals surface area (Å²) in [7, 11) is 1.62. The molecule has 0 aliphatic rings. The molecule has 1 unspecified atom stereocenters. The van der Waals surface area contributed by atoms with Crippen molar-refractivity contribution in [2.75, 3.05) is 7.11 Å². The molecule has 1 aromatic carbocycles. The van der Waals surface area contributed by atoms with E-state index in [2.05, 4.69) is 15.5 Å². The second kappa shape index (κ2) is 7.84. The van der Waals surface area contributed by atoms with Gasteiger partial charge in [0, 0.05) is 6.20 Å². The molecule has 27 heavy (non-hydrogen) atoms. The van der Waals surface area contributed by atoms with Gasteiger partial charge in [-0.3, -0.25) is 9.48 Å². The van der Waals surface area contributed by atoms with E-state index in [-0.39, 0.29) is 11.9 Å². The summed E-state index contributed by atoms with van der Waals surface area (Å²) in [5.74, 6) is 0.545. The lowest BCUT2D eigenvalue weighted by Gasteiger charge is -2.14. The van der Waals surface area contributed by atoms with Gasteiger partial charge in [-0.1, -0.05) is 23.7 Å². The Bertz CT molecular complexity index is 946. The molecule has 3 aromatic rings. The van der Waals surface area contributed by atoms with E-state index in [4.69, 9.17) is 16.3 Å². The van der Waals surface area contributed by atoms with E-state index in [9.17, 15) is 4.79 Å². The highest BCUT2D eigenvalue weighted by molar-refractivity contribution is 6.31. The minimum absolute atomic E-state index is 0.150. The number of nitrogens with zero attached hydrogens (tertiary/aromatic N) is 4. The predicted molar refractivity (Wildman–Crippen MR) is 103 cm³/mol. The van der Waals surface area contributed by atoms with E-state index >= 15 is 0 Å². The second-order valence-electron chi connectivity index (χ2n) is 6.33. The fourth-order valence-electron chi connectivity index (χ4n) is 2.76. The Morgan fingerprint density at radius 2 is 1.93 bits per heavy atom. The molecule has 0 bridgehead atoms. The molecule has 0 saturated heterocycles. The number of benzene rings is 1. The van der Waals surface area contributed by atoms with Crippen LogP contribution in [0.4, 0.5) is 0 Å². The summed E-state index contributed by atoms with van der Waals surface area (Å²) in [5.41, 5.74) is 2.97. The Balaban J connectivity index is 1.66. The first-order valence-electron chi connectivity index (χ1n) is 8.57. The third-order valence-electron chi connectivity index (χ3n) is 4.41. The van der Waals surface area contributed by atoms with Crippen molar-refractivity contribution in [3.63, 3.8) is 0 Å². The van der Waals surface area contributed by atoms with Crippen molar-refractivity contribution in [3.8, 4) is 5.75 Å². The maximum Gasteiger partial charge on any atom is 0.272 e. The normalized spacial score (nSPS) is 12.0. The lowest BCUT2D eigenvalue weighted by molar-refractivity contribution is 0.0934. The Hall–Kier alpha value is -2.80. The van der Waals surface area contributed by atoms with Crippen LogP contribution < -0.4 is 10.1 Å². The number of amides is 1. The first kappa shape index (κ1) is 19.0. The summed E-state index contributed by atoms with van der Waals surface area (Å²) in [5, 5.41) is 12.3. The molecule has 1 N–H and O–H groups in total. The van der Waals surface area contributed by atoms with Crippen LogP contribution >= 0.6 is 11.6 Å². The number of hydrogen-bond donors (Lipinski definition) is 1. The van der Waals surface area contributed by atoms with Crippen molar-refractivity contribution >= 4 is 17.5 Å². The topological polar surface area (TPSA) is 74.0 Å². The van der Waals surface area contributed by atoms with E-state index in [0.717, 1.165) is 22.7 Å². The minimum Gasteiger partial charge on any atom is -0.497 e. The lowest BCUT2D eigenvalue weighted by atomic mass is 10.1. The number of carbonyl (C=O) groups excluding carboxylic acids is 1. The number of nitrogens with one attached hydrogen (secondary N) is 1. The highest BCUT2D eigenvalue weighted by atomic mass is 35.5. The third kappa shape index (κ3) is 4.14. The number of methoxy groups -OCH3 is 1. The first-order valence-corrected chi connectivity index (χ1v) is 8.94. The van der Waals surface area contributed by atoms with E-state index in [1.165, 1.54) is 0 Å². The Morgan fingerprint density at radius 1 is 1.22 bits per heavy atom. The number of aromatic nitrogens is 4. The number of halogens is 1. The highest BCUT2D eigenvalue weighted by Crippen LogP contribution is 2.19. The summed E-state index contributed by atoms with van der Waals surface area (Å²) in [6.07, 6.45) is 1.75. The van der Waals surface area contributed by atoms with Crippen molar-refractivity contribution in [1.29, 1.82) is 0 Å². The Kier molecular flexibility index (Phi) is 5.51. The molecule has 2 aromatic heterocycles. The molecule has 0 aliphatic heterocycles. The monoisotopic (exact) mass is 387 g/mol. The third-order valence-corrected chi connectivity index (χ3v) is 4.96. The molecule has 1 atom stereocenters. The Morgan fingerprint density at radius 3 is 2.52 bits per heavy atom. The van der Waals surface area contributed by atoms with Crippen molar-refractivity contribution in [2.45, 2.75) is 33.5 Å². The molecule has 0 saturated carbocycles. The van der Waals surface area contributed by atoms with Gasteiger partial charge >= 0.3 is 0 Å². The molecule has 142 valence electrons. The number of rotatable bonds is 6. The molecule has 2 heterocycles. The van der Waals surface area contributed by atoms with Crippen LogP contribution in [-0.4, -0.2) is 32.6 Å². The smallest absolute Gasteiger partial charge is 0.272 e. The van der Waals surface area contributed by atoms with Gasteiger partial charge in [-0.05, 0) is 44.5 Å². The fourth-order valence-corrected chi connectivity index (χ4v) is 2.89. The first-order chi connectivity index (χ1) is 12.9. The average Bonchev–Trinajstić information content (AvgIpc) is 3.23. The molecule has 8 heteroatoms. The fraction of sp³-hybridized carbons (Fsp3) is 0.316. The van der Waals surface area contributed by atoms with Gasteiger partial charge in [0.1, 0.15) is 18.1 Å². The zero-order chi connectivity index (χ0) is 19.6. The maximum atomic E-state index is 12.5. The van der Waals surface area contributed by atoms with Crippen LogP contribution in [0.2, 0.25) is 5.02 Å². The Labute approximate surface area is 162 Å². The molecule has 0 radical (unpaired) electrons. The summed E-state index contributed by atoms with van der Waals surface area (Å²) in [6.45, 7) is 6.07. The van der Waals surface area contributed by atoms with Gasteiger partial charge in [0.05, 0.1) is 29.6 Å². The van der Waals surface area contributed by atoms with E-state index in [1.807, 2.05) is 45.0 Å². The van der Waals surface area contributed by atoms with Gasteiger partial charge in [-0.2, -0.15) is 10.2 Å². The van der Waals surface area contributed by atoms with Crippen LogP contribution in [0.3, 0.4) is 0 Å². The molecular formula is C19H22ClN5O2. The number of carbonyl (C=O) groups is 1. The quantitative estimate of drug-likeness (QED) is 0.703. The molecule has 1 amide bonds. The molecule has 3 rings (SSSR count). The summed E-state index contributed by atoms with van der Waals surface area (Å²) >= 11 is 6.17. The summed E-state index contributed by atoms with van der Waals surface area (Å²) < 4.78 is 8.56. The zero-order valence-electron chi connectivity index (χ0n) is 15.7. The van der Waals surface area contributed by atoms with Gasteiger partial charge in [0.25, 0.3) is 5.91 Å². The molecule has 0 aliphatic carbocycles. The van der Waals surface area contributed by atoms with Gasteiger partial charge in [-0.25, -0.2) is 4.68 Å². The number of ether oxygens (including phenoxy) is 1. The predicted octanol–water partition coefficient (Wildman–Crippen LogP) is 3.36. The lowest BCUT2D eigenvalue weighted by Crippen LogP contribution is -2.27. The number of aryl methyl sites for hydroxylation is 1. The standard InChI is InChI=1S/C19H22ClN5O2/c1-12(15-5-7-16(27-4)8-6-15)21-19(26)17-9-10-24(23-17)11-25-14(3)18(20)13(2)22-25/h5-10,12H,11H2,1-4H3,(H,21,26). The number of hydrogen-bond acceptors (Lipinski definition) is 4. The van der Waals surface area contributed by atoms with Crippen LogP contribution in [-0.2, 0) is 6.67 Å². The largest absolute Gasteiger partial charge is 0.497 e. The average molecular weight is 388 g/mol. The summed E-state index contributed by atoms with van der Waals surface area (Å²) in [4.78, 5) is 12.5. The van der Waals surface area contributed by atoms with Gasteiger partial charge in [-0.15, -0.1) is 0 Å². The minimum atomic E-state index is -0.233.